The van der Waals surface area contributed by atoms with Crippen LogP contribution >= 0.6 is 0 Å². The molecule has 1 rings (SSSR count). The zero-order chi connectivity index (χ0) is 13.4. The first-order valence-corrected chi connectivity index (χ1v) is 7.46. The Kier molecular flexibility index (Phi) is 6.37. The van der Waals surface area contributed by atoms with Gasteiger partial charge in [0.25, 0.3) is 0 Å². The highest BCUT2D eigenvalue weighted by atomic mass is 16.2. The second kappa shape index (κ2) is 7.55. The van der Waals surface area contributed by atoms with Crippen molar-refractivity contribution in [3.8, 4) is 0 Å². The first kappa shape index (κ1) is 15.2. The lowest BCUT2D eigenvalue weighted by atomic mass is 9.69. The summed E-state index contributed by atoms with van der Waals surface area (Å²) in [4.78, 5) is 23.7. The molecule has 0 saturated heterocycles. The SMILES string of the molecule is CCCCCCCCC1(C(N)=O)CCCCC1=O. The Morgan fingerprint density at radius 3 is 2.44 bits per heavy atom. The normalized spacial score (nSPS) is 24.2. The third-order valence-corrected chi connectivity index (χ3v) is 4.22. The maximum absolute atomic E-state index is 12.0. The Morgan fingerprint density at radius 1 is 1.17 bits per heavy atom. The molecule has 0 heterocycles. The Balaban J connectivity index is 2.39. The molecule has 2 N–H and O–H groups in total. The Morgan fingerprint density at radius 2 is 1.83 bits per heavy atom. The van der Waals surface area contributed by atoms with Gasteiger partial charge in [-0.3, -0.25) is 9.59 Å². The molecule has 0 bridgehead atoms. The molecule has 1 aliphatic carbocycles. The number of unbranched alkanes of at least 4 members (excludes halogenated alkanes) is 5. The molecule has 1 amide bonds. The number of carbonyl (C=O) groups excluding carboxylic acids is 2. The van der Waals surface area contributed by atoms with Crippen LogP contribution in [-0.4, -0.2) is 11.7 Å². The summed E-state index contributed by atoms with van der Waals surface area (Å²) >= 11 is 0. The Bertz CT molecular complexity index is 288. The van der Waals surface area contributed by atoms with Crippen LogP contribution in [0.15, 0.2) is 0 Å². The molecule has 3 heteroatoms. The first-order valence-electron chi connectivity index (χ1n) is 7.46. The molecule has 0 aromatic heterocycles. The van der Waals surface area contributed by atoms with E-state index in [1.165, 1.54) is 25.7 Å². The van der Waals surface area contributed by atoms with E-state index in [9.17, 15) is 9.59 Å². The van der Waals surface area contributed by atoms with E-state index in [-0.39, 0.29) is 11.7 Å². The average Bonchev–Trinajstić information content (AvgIpc) is 2.35. The minimum Gasteiger partial charge on any atom is -0.369 e. The number of primary amides is 1. The molecule has 18 heavy (non-hydrogen) atoms. The van der Waals surface area contributed by atoms with E-state index in [1.807, 2.05) is 0 Å². The van der Waals surface area contributed by atoms with E-state index < -0.39 is 5.41 Å². The quantitative estimate of drug-likeness (QED) is 0.532. The van der Waals surface area contributed by atoms with Crippen molar-refractivity contribution in [2.75, 3.05) is 0 Å². The molecule has 0 spiro atoms. The third-order valence-electron chi connectivity index (χ3n) is 4.22. The summed E-state index contributed by atoms with van der Waals surface area (Å²) in [6.07, 6.45) is 10.8. The Hall–Kier alpha value is -0.860. The maximum Gasteiger partial charge on any atom is 0.231 e. The largest absolute Gasteiger partial charge is 0.369 e. The number of rotatable bonds is 8. The van der Waals surface area contributed by atoms with Gasteiger partial charge in [0.2, 0.25) is 5.91 Å². The number of Topliss-reactive ketones (excluding diaryl/α,β-unsaturated/α-hetero) is 1. The third kappa shape index (κ3) is 3.82. The molecule has 1 aliphatic rings. The smallest absolute Gasteiger partial charge is 0.231 e. The minimum atomic E-state index is -0.816. The van der Waals surface area contributed by atoms with E-state index >= 15 is 0 Å². The number of hydrogen-bond donors (Lipinski definition) is 1. The summed E-state index contributed by atoms with van der Waals surface area (Å²) < 4.78 is 0. The van der Waals surface area contributed by atoms with Crippen LogP contribution in [0.5, 0.6) is 0 Å². The molecule has 1 unspecified atom stereocenters. The van der Waals surface area contributed by atoms with E-state index in [4.69, 9.17) is 5.73 Å². The molecule has 1 atom stereocenters. The highest BCUT2D eigenvalue weighted by Crippen LogP contribution is 2.37. The van der Waals surface area contributed by atoms with Gasteiger partial charge in [-0.15, -0.1) is 0 Å². The van der Waals surface area contributed by atoms with Crippen LogP contribution in [0.25, 0.3) is 0 Å². The van der Waals surface area contributed by atoms with Gasteiger partial charge in [-0.05, 0) is 19.3 Å². The first-order chi connectivity index (χ1) is 8.63. The summed E-state index contributed by atoms with van der Waals surface area (Å²) in [5.74, 6) is -0.296. The number of amides is 1. The van der Waals surface area contributed by atoms with Crippen LogP contribution < -0.4 is 5.73 Å². The molecular formula is C15H27NO2. The highest BCUT2D eigenvalue weighted by molar-refractivity contribution is 6.05. The standard InChI is InChI=1S/C15H27NO2/c1-2-3-4-5-6-8-11-15(14(16)18)12-9-7-10-13(15)17/h2-12H2,1H3,(H2,16,18). The monoisotopic (exact) mass is 253 g/mol. The fourth-order valence-electron chi connectivity index (χ4n) is 2.95. The van der Waals surface area contributed by atoms with Crippen LogP contribution in [0.3, 0.4) is 0 Å². The van der Waals surface area contributed by atoms with Crippen molar-refractivity contribution in [1.82, 2.24) is 0 Å². The van der Waals surface area contributed by atoms with Crippen molar-refractivity contribution in [2.24, 2.45) is 11.1 Å². The van der Waals surface area contributed by atoms with Crippen LogP contribution in [0.2, 0.25) is 0 Å². The van der Waals surface area contributed by atoms with Gasteiger partial charge in [0, 0.05) is 6.42 Å². The lowest BCUT2D eigenvalue weighted by molar-refractivity contribution is -0.143. The van der Waals surface area contributed by atoms with Gasteiger partial charge in [-0.2, -0.15) is 0 Å². The predicted molar refractivity (Wildman–Crippen MR) is 73.1 cm³/mol. The summed E-state index contributed by atoms with van der Waals surface area (Å²) in [5.41, 5.74) is 4.68. The summed E-state index contributed by atoms with van der Waals surface area (Å²) in [5, 5.41) is 0. The second-order valence-corrected chi connectivity index (χ2v) is 5.59. The average molecular weight is 253 g/mol. The van der Waals surface area contributed by atoms with E-state index in [0.717, 1.165) is 25.7 Å². The molecule has 0 aromatic carbocycles. The van der Waals surface area contributed by atoms with E-state index in [2.05, 4.69) is 6.92 Å². The number of hydrogen-bond acceptors (Lipinski definition) is 2. The summed E-state index contributed by atoms with van der Waals surface area (Å²) in [6.45, 7) is 2.20. The van der Waals surface area contributed by atoms with Crippen molar-refractivity contribution >= 4 is 11.7 Å². The lowest BCUT2D eigenvalue weighted by Gasteiger charge is -2.32. The summed E-state index contributed by atoms with van der Waals surface area (Å²) in [6, 6.07) is 0. The molecular weight excluding hydrogens is 226 g/mol. The second-order valence-electron chi connectivity index (χ2n) is 5.59. The molecule has 104 valence electrons. The zero-order valence-electron chi connectivity index (χ0n) is 11.7. The molecule has 0 aliphatic heterocycles. The van der Waals surface area contributed by atoms with Crippen molar-refractivity contribution < 1.29 is 9.59 Å². The number of nitrogens with two attached hydrogens (primary N) is 1. The lowest BCUT2D eigenvalue weighted by Crippen LogP contribution is -2.45. The minimum absolute atomic E-state index is 0.0924. The van der Waals surface area contributed by atoms with Gasteiger partial charge >= 0.3 is 0 Å². The maximum atomic E-state index is 12.0. The predicted octanol–water partition coefficient (Wildman–Crippen LogP) is 3.35. The van der Waals surface area contributed by atoms with Crippen LogP contribution in [0.4, 0.5) is 0 Å². The van der Waals surface area contributed by atoms with Crippen molar-refractivity contribution in [3.63, 3.8) is 0 Å². The Labute approximate surface area is 111 Å². The topological polar surface area (TPSA) is 60.2 Å². The number of carbonyl (C=O) groups is 2. The zero-order valence-corrected chi connectivity index (χ0v) is 11.7. The van der Waals surface area contributed by atoms with Crippen LogP contribution in [0, 0.1) is 5.41 Å². The van der Waals surface area contributed by atoms with E-state index in [1.54, 1.807) is 0 Å². The molecule has 3 nitrogen and oxygen atoms in total. The molecule has 1 saturated carbocycles. The van der Waals surface area contributed by atoms with Gasteiger partial charge in [0.05, 0.1) is 0 Å². The van der Waals surface area contributed by atoms with Gasteiger partial charge in [0.1, 0.15) is 11.2 Å². The van der Waals surface area contributed by atoms with Gasteiger partial charge in [0.15, 0.2) is 0 Å². The van der Waals surface area contributed by atoms with Gasteiger partial charge < -0.3 is 5.73 Å². The van der Waals surface area contributed by atoms with Crippen molar-refractivity contribution in [2.45, 2.75) is 77.6 Å². The molecule has 0 radical (unpaired) electrons. The van der Waals surface area contributed by atoms with Crippen molar-refractivity contribution in [3.05, 3.63) is 0 Å². The highest BCUT2D eigenvalue weighted by Gasteiger charge is 2.44. The fourth-order valence-corrected chi connectivity index (χ4v) is 2.95. The van der Waals surface area contributed by atoms with Crippen LogP contribution in [-0.2, 0) is 9.59 Å². The molecule has 1 fully saturated rings. The van der Waals surface area contributed by atoms with Crippen LogP contribution in [0.1, 0.15) is 77.6 Å². The van der Waals surface area contributed by atoms with Gasteiger partial charge in [-0.25, -0.2) is 0 Å². The summed E-state index contributed by atoms with van der Waals surface area (Å²) in [7, 11) is 0. The molecule has 0 aromatic rings. The number of ketones is 1. The fraction of sp³-hybridized carbons (Fsp3) is 0.867. The van der Waals surface area contributed by atoms with Gasteiger partial charge in [-0.1, -0.05) is 51.9 Å². The van der Waals surface area contributed by atoms with E-state index in [0.29, 0.717) is 19.3 Å². The van der Waals surface area contributed by atoms with Crippen molar-refractivity contribution in [1.29, 1.82) is 0 Å².